The Balaban J connectivity index is 2.57. The molecule has 1 aromatic carbocycles. The summed E-state index contributed by atoms with van der Waals surface area (Å²) in [5.74, 6) is 0.206. The van der Waals surface area contributed by atoms with Gasteiger partial charge in [-0.15, -0.1) is 0 Å². The number of hydrogen-bond acceptors (Lipinski definition) is 1. The number of Topliss-reactive ketones (excluding diaryl/α,β-unsaturated/α-hetero) is 1. The lowest BCUT2D eigenvalue weighted by atomic mass is 9.95. The molecule has 0 fully saturated rings. The molecule has 0 aromatic heterocycles. The molecule has 0 aliphatic rings. The summed E-state index contributed by atoms with van der Waals surface area (Å²) in [5.41, 5.74) is 2.39. The first-order chi connectivity index (χ1) is 9.15. The van der Waals surface area contributed by atoms with E-state index in [4.69, 9.17) is 0 Å². The summed E-state index contributed by atoms with van der Waals surface area (Å²) >= 11 is 0. The molecule has 1 unspecified atom stereocenters. The normalized spacial score (nSPS) is 12.9. The molecule has 0 saturated carbocycles. The zero-order valence-corrected chi connectivity index (χ0v) is 11.8. The summed E-state index contributed by atoms with van der Waals surface area (Å²) in [7, 11) is 0. The fourth-order valence-corrected chi connectivity index (χ4v) is 1.82. The SMILES string of the molecule is C=C/C=C\C=C/CCc1cccc(C(C)C(C)=O)c1. The first-order valence-electron chi connectivity index (χ1n) is 6.68. The van der Waals surface area contributed by atoms with Crippen molar-refractivity contribution in [1.29, 1.82) is 0 Å². The molecule has 0 heterocycles. The van der Waals surface area contributed by atoms with Crippen molar-refractivity contribution in [3.63, 3.8) is 0 Å². The average molecular weight is 254 g/mol. The van der Waals surface area contributed by atoms with Crippen molar-refractivity contribution in [2.24, 2.45) is 0 Å². The molecular formula is C18H22O. The highest BCUT2D eigenvalue weighted by atomic mass is 16.1. The second-order valence-electron chi connectivity index (χ2n) is 4.66. The van der Waals surface area contributed by atoms with Crippen LogP contribution in [0.2, 0.25) is 0 Å². The van der Waals surface area contributed by atoms with Crippen LogP contribution in [0.25, 0.3) is 0 Å². The van der Waals surface area contributed by atoms with E-state index in [-0.39, 0.29) is 11.7 Å². The van der Waals surface area contributed by atoms with E-state index < -0.39 is 0 Å². The number of rotatable bonds is 7. The van der Waals surface area contributed by atoms with Crippen LogP contribution in [0.4, 0.5) is 0 Å². The minimum absolute atomic E-state index is 0.00832. The lowest BCUT2D eigenvalue weighted by Crippen LogP contribution is -2.04. The zero-order chi connectivity index (χ0) is 14.1. The Labute approximate surface area is 116 Å². The zero-order valence-electron chi connectivity index (χ0n) is 11.8. The number of carbonyl (C=O) groups excluding carboxylic acids is 1. The molecule has 0 aliphatic carbocycles. The highest BCUT2D eigenvalue weighted by Gasteiger charge is 2.10. The van der Waals surface area contributed by atoms with Gasteiger partial charge < -0.3 is 0 Å². The van der Waals surface area contributed by atoms with Crippen molar-refractivity contribution >= 4 is 5.78 Å². The van der Waals surface area contributed by atoms with E-state index in [0.717, 1.165) is 18.4 Å². The Hall–Kier alpha value is -1.89. The first-order valence-corrected chi connectivity index (χ1v) is 6.68. The van der Waals surface area contributed by atoms with Gasteiger partial charge in [-0.3, -0.25) is 4.79 Å². The van der Waals surface area contributed by atoms with E-state index >= 15 is 0 Å². The van der Waals surface area contributed by atoms with Crippen molar-refractivity contribution in [2.45, 2.75) is 32.6 Å². The van der Waals surface area contributed by atoms with E-state index in [1.54, 1.807) is 13.0 Å². The molecule has 0 saturated heterocycles. The van der Waals surface area contributed by atoms with E-state index in [9.17, 15) is 4.79 Å². The molecule has 1 atom stereocenters. The Morgan fingerprint density at radius 3 is 2.79 bits per heavy atom. The van der Waals surface area contributed by atoms with Gasteiger partial charge in [-0.1, -0.05) is 68.1 Å². The molecule has 0 bridgehead atoms. The predicted molar refractivity (Wildman–Crippen MR) is 82.3 cm³/mol. The van der Waals surface area contributed by atoms with Crippen molar-refractivity contribution in [1.82, 2.24) is 0 Å². The second kappa shape index (κ2) is 8.25. The van der Waals surface area contributed by atoms with Gasteiger partial charge in [-0.25, -0.2) is 0 Å². The Morgan fingerprint density at radius 1 is 1.32 bits per heavy atom. The van der Waals surface area contributed by atoms with Gasteiger partial charge in [0.1, 0.15) is 5.78 Å². The highest BCUT2D eigenvalue weighted by molar-refractivity contribution is 5.82. The van der Waals surface area contributed by atoms with E-state index in [1.165, 1.54) is 5.56 Å². The lowest BCUT2D eigenvalue weighted by molar-refractivity contribution is -0.118. The Bertz CT molecular complexity index is 480. The molecule has 1 rings (SSSR count). The predicted octanol–water partition coefficient (Wildman–Crippen LogP) is 4.61. The molecule has 0 amide bonds. The van der Waals surface area contributed by atoms with Crippen LogP contribution < -0.4 is 0 Å². The summed E-state index contributed by atoms with van der Waals surface area (Å²) < 4.78 is 0. The Morgan fingerprint density at radius 2 is 2.11 bits per heavy atom. The molecule has 0 radical (unpaired) electrons. The number of allylic oxidation sites excluding steroid dienone is 5. The number of aryl methyl sites for hydroxylation is 1. The Kier molecular flexibility index (Phi) is 6.59. The van der Waals surface area contributed by atoms with E-state index in [0.29, 0.717) is 0 Å². The summed E-state index contributed by atoms with van der Waals surface area (Å²) in [5, 5.41) is 0. The van der Waals surface area contributed by atoms with Crippen molar-refractivity contribution in [3.8, 4) is 0 Å². The molecular weight excluding hydrogens is 232 g/mol. The van der Waals surface area contributed by atoms with Gasteiger partial charge in [-0.2, -0.15) is 0 Å². The third kappa shape index (κ3) is 5.52. The molecule has 1 heteroatoms. The lowest BCUT2D eigenvalue weighted by Gasteiger charge is -2.09. The quantitative estimate of drug-likeness (QED) is 0.649. The van der Waals surface area contributed by atoms with Crippen LogP contribution >= 0.6 is 0 Å². The fourth-order valence-electron chi connectivity index (χ4n) is 1.82. The monoisotopic (exact) mass is 254 g/mol. The van der Waals surface area contributed by atoms with Gasteiger partial charge in [0, 0.05) is 5.92 Å². The number of carbonyl (C=O) groups is 1. The molecule has 0 N–H and O–H groups in total. The smallest absolute Gasteiger partial charge is 0.136 e. The summed E-state index contributed by atoms with van der Waals surface area (Å²) in [6.45, 7) is 7.22. The van der Waals surface area contributed by atoms with E-state index in [1.807, 2.05) is 37.3 Å². The average Bonchev–Trinajstić information content (AvgIpc) is 2.42. The molecule has 1 aromatic rings. The van der Waals surface area contributed by atoms with Crippen LogP contribution in [0.1, 0.15) is 37.3 Å². The standard InChI is InChI=1S/C18H22O/c1-4-5-6-7-8-9-11-17-12-10-13-18(14-17)15(2)16(3)19/h4-8,10,12-15H,1,9,11H2,2-3H3/b6-5-,8-7-. The topological polar surface area (TPSA) is 17.1 Å². The molecule has 19 heavy (non-hydrogen) atoms. The van der Waals surface area contributed by atoms with Gasteiger partial charge in [0.15, 0.2) is 0 Å². The highest BCUT2D eigenvalue weighted by Crippen LogP contribution is 2.18. The van der Waals surface area contributed by atoms with Gasteiger partial charge in [0.05, 0.1) is 0 Å². The third-order valence-corrected chi connectivity index (χ3v) is 3.15. The van der Waals surface area contributed by atoms with Gasteiger partial charge in [0.2, 0.25) is 0 Å². The maximum atomic E-state index is 11.4. The minimum atomic E-state index is -0.00832. The van der Waals surface area contributed by atoms with Crippen LogP contribution in [-0.2, 0) is 11.2 Å². The van der Waals surface area contributed by atoms with E-state index in [2.05, 4.69) is 24.8 Å². The maximum Gasteiger partial charge on any atom is 0.136 e. The molecule has 100 valence electrons. The van der Waals surface area contributed by atoms with Crippen molar-refractivity contribution < 1.29 is 4.79 Å². The van der Waals surface area contributed by atoms with Gasteiger partial charge in [0.25, 0.3) is 0 Å². The summed E-state index contributed by atoms with van der Waals surface area (Å²) in [6, 6.07) is 8.31. The third-order valence-electron chi connectivity index (χ3n) is 3.15. The first kappa shape index (κ1) is 15.2. The fraction of sp³-hybridized carbons (Fsp3) is 0.278. The van der Waals surface area contributed by atoms with Crippen LogP contribution in [0, 0.1) is 0 Å². The molecule has 0 aliphatic heterocycles. The largest absolute Gasteiger partial charge is 0.299 e. The number of benzene rings is 1. The molecule has 0 spiro atoms. The van der Waals surface area contributed by atoms with Gasteiger partial charge in [-0.05, 0) is 30.9 Å². The van der Waals surface area contributed by atoms with Crippen LogP contribution in [0.5, 0.6) is 0 Å². The molecule has 1 nitrogen and oxygen atoms in total. The number of ketones is 1. The minimum Gasteiger partial charge on any atom is -0.299 e. The maximum absolute atomic E-state index is 11.4. The van der Waals surface area contributed by atoms with Crippen molar-refractivity contribution in [2.75, 3.05) is 0 Å². The summed E-state index contributed by atoms with van der Waals surface area (Å²) in [4.78, 5) is 11.4. The van der Waals surface area contributed by atoms with Crippen LogP contribution in [0.3, 0.4) is 0 Å². The second-order valence-corrected chi connectivity index (χ2v) is 4.66. The van der Waals surface area contributed by atoms with Crippen molar-refractivity contribution in [3.05, 3.63) is 72.4 Å². The van der Waals surface area contributed by atoms with Gasteiger partial charge >= 0.3 is 0 Å². The van der Waals surface area contributed by atoms with Crippen LogP contribution in [-0.4, -0.2) is 5.78 Å². The van der Waals surface area contributed by atoms with Crippen LogP contribution in [0.15, 0.2) is 61.2 Å². The number of hydrogen-bond donors (Lipinski definition) is 0. The summed E-state index contributed by atoms with van der Waals surface area (Å²) in [6.07, 6.45) is 11.8.